The molecule has 130 valence electrons. The van der Waals surface area contributed by atoms with Crippen molar-refractivity contribution in [1.82, 2.24) is 15.1 Å². The molecule has 0 saturated heterocycles. The molecule has 0 aromatic carbocycles. The van der Waals surface area contributed by atoms with Crippen molar-refractivity contribution in [1.29, 1.82) is 0 Å². The summed E-state index contributed by atoms with van der Waals surface area (Å²) < 4.78 is 17.1. The van der Waals surface area contributed by atoms with E-state index in [1.807, 2.05) is 0 Å². The molecule has 8 nitrogen and oxygen atoms in total. The van der Waals surface area contributed by atoms with Crippen molar-refractivity contribution in [3.05, 3.63) is 11.8 Å². The van der Waals surface area contributed by atoms with Crippen molar-refractivity contribution in [3.63, 3.8) is 0 Å². The number of rotatable bonds is 6. The van der Waals surface area contributed by atoms with Crippen LogP contribution in [-0.4, -0.2) is 46.7 Å². The van der Waals surface area contributed by atoms with E-state index >= 15 is 0 Å². The maximum absolute atomic E-state index is 11.8. The van der Waals surface area contributed by atoms with Crippen molar-refractivity contribution < 1.29 is 23.8 Å². The van der Waals surface area contributed by atoms with Crippen molar-refractivity contribution in [2.45, 2.75) is 46.3 Å². The van der Waals surface area contributed by atoms with Gasteiger partial charge in [-0.1, -0.05) is 0 Å². The Hall–Kier alpha value is -2.25. The summed E-state index contributed by atoms with van der Waals surface area (Å²) in [4.78, 5) is 23.5. The Balaban J connectivity index is 2.59. The molecule has 0 fully saturated rings. The van der Waals surface area contributed by atoms with Gasteiger partial charge < -0.3 is 19.5 Å². The number of ether oxygens (including phenoxy) is 3. The summed E-state index contributed by atoms with van der Waals surface area (Å²) in [5.41, 5.74) is -0.317. The number of nitrogens with one attached hydrogen (secondary N) is 1. The fourth-order valence-corrected chi connectivity index (χ4v) is 1.70. The van der Waals surface area contributed by atoms with Gasteiger partial charge in [0.05, 0.1) is 18.8 Å². The molecule has 1 heterocycles. The molecular weight excluding hydrogens is 302 g/mol. The van der Waals surface area contributed by atoms with Crippen LogP contribution in [0.5, 0.6) is 5.88 Å². The minimum atomic E-state index is -0.566. The average molecular weight is 327 g/mol. The van der Waals surface area contributed by atoms with E-state index in [9.17, 15) is 9.59 Å². The molecular formula is C15H25N3O5. The van der Waals surface area contributed by atoms with Crippen LogP contribution >= 0.6 is 0 Å². The fourth-order valence-electron chi connectivity index (χ4n) is 1.70. The molecule has 1 rings (SSSR count). The van der Waals surface area contributed by atoms with Gasteiger partial charge in [0.1, 0.15) is 17.8 Å². The number of carbonyl (C=O) groups excluding carboxylic acids is 2. The van der Waals surface area contributed by atoms with Crippen molar-refractivity contribution >= 4 is 12.1 Å². The zero-order valence-corrected chi connectivity index (χ0v) is 14.5. The maximum atomic E-state index is 11.8. The van der Waals surface area contributed by atoms with Gasteiger partial charge in [0.15, 0.2) is 0 Å². The van der Waals surface area contributed by atoms with Crippen molar-refractivity contribution in [2.24, 2.45) is 7.05 Å². The molecule has 23 heavy (non-hydrogen) atoms. The van der Waals surface area contributed by atoms with Crippen LogP contribution in [0.1, 0.15) is 45.0 Å². The van der Waals surface area contributed by atoms with E-state index in [-0.39, 0.29) is 24.8 Å². The second-order valence-corrected chi connectivity index (χ2v) is 6.07. The summed E-state index contributed by atoms with van der Waals surface area (Å²) in [6, 6.07) is -0.310. The number of amides is 1. The van der Waals surface area contributed by atoms with Crippen LogP contribution in [0.25, 0.3) is 0 Å². The number of hydrogen-bond donors (Lipinski definition) is 1. The zero-order valence-electron chi connectivity index (χ0n) is 14.5. The standard InChI is InChI=1S/C15H25N3O5/c1-7-21-13(19)11-8-16-18(6)12(11)22-9-10(2)17-14(20)23-15(3,4)5/h8,10H,7,9H2,1-6H3,(H,17,20). The van der Waals surface area contributed by atoms with E-state index in [1.165, 1.54) is 10.9 Å². The molecule has 1 N–H and O–H groups in total. The highest BCUT2D eigenvalue weighted by atomic mass is 16.6. The molecule has 0 saturated carbocycles. The minimum absolute atomic E-state index is 0.158. The lowest BCUT2D eigenvalue weighted by molar-refractivity contribution is 0.0479. The van der Waals surface area contributed by atoms with Gasteiger partial charge in [-0.05, 0) is 34.6 Å². The Morgan fingerprint density at radius 3 is 2.61 bits per heavy atom. The van der Waals surface area contributed by atoms with Crippen LogP contribution in [0.2, 0.25) is 0 Å². The molecule has 8 heteroatoms. The van der Waals surface area contributed by atoms with Crippen LogP contribution in [0.3, 0.4) is 0 Å². The first-order chi connectivity index (χ1) is 10.6. The van der Waals surface area contributed by atoms with Crippen LogP contribution in [0.4, 0.5) is 4.79 Å². The second kappa shape index (κ2) is 7.85. The third-order valence-corrected chi connectivity index (χ3v) is 2.61. The summed E-state index contributed by atoms with van der Waals surface area (Å²) in [6.07, 6.45) is 0.864. The minimum Gasteiger partial charge on any atom is -0.475 e. The summed E-state index contributed by atoms with van der Waals surface area (Å²) in [5, 5.41) is 6.65. The number of carbonyl (C=O) groups is 2. The molecule has 0 aliphatic rings. The van der Waals surface area contributed by atoms with E-state index in [4.69, 9.17) is 14.2 Å². The number of alkyl carbamates (subject to hydrolysis) is 1. The molecule has 0 aliphatic carbocycles. The van der Waals surface area contributed by atoms with E-state index in [2.05, 4.69) is 10.4 Å². The SMILES string of the molecule is CCOC(=O)c1cnn(C)c1OCC(C)NC(=O)OC(C)(C)C. The average Bonchev–Trinajstić information content (AvgIpc) is 2.75. The summed E-state index contributed by atoms with van der Waals surface area (Å²) in [7, 11) is 1.66. The van der Waals surface area contributed by atoms with Gasteiger partial charge in [0.25, 0.3) is 0 Å². The molecule has 0 bridgehead atoms. The highest BCUT2D eigenvalue weighted by Crippen LogP contribution is 2.18. The van der Waals surface area contributed by atoms with Crippen LogP contribution in [0, 0.1) is 0 Å². The van der Waals surface area contributed by atoms with Crippen molar-refractivity contribution in [3.8, 4) is 5.88 Å². The molecule has 1 aromatic heterocycles. The molecule has 0 radical (unpaired) electrons. The number of hydrogen-bond acceptors (Lipinski definition) is 6. The number of esters is 1. The Morgan fingerprint density at radius 2 is 2.04 bits per heavy atom. The lowest BCUT2D eigenvalue weighted by Crippen LogP contribution is -2.40. The van der Waals surface area contributed by atoms with Crippen LogP contribution in [0.15, 0.2) is 6.20 Å². The normalized spacial score (nSPS) is 12.4. The predicted octanol–water partition coefficient (Wildman–Crippen LogP) is 1.89. The zero-order chi connectivity index (χ0) is 17.6. The predicted molar refractivity (Wildman–Crippen MR) is 83.5 cm³/mol. The Morgan fingerprint density at radius 1 is 1.39 bits per heavy atom. The third kappa shape index (κ3) is 6.17. The van der Waals surface area contributed by atoms with E-state index in [1.54, 1.807) is 41.7 Å². The first-order valence-corrected chi connectivity index (χ1v) is 7.45. The molecule has 1 unspecified atom stereocenters. The van der Waals surface area contributed by atoms with Gasteiger partial charge >= 0.3 is 12.1 Å². The summed E-state index contributed by atoms with van der Waals surface area (Å²) >= 11 is 0. The Labute approximate surface area is 136 Å². The highest BCUT2D eigenvalue weighted by molar-refractivity contribution is 5.91. The monoisotopic (exact) mass is 327 g/mol. The molecule has 1 atom stereocenters. The van der Waals surface area contributed by atoms with Gasteiger partial charge in [-0.25, -0.2) is 14.3 Å². The van der Waals surface area contributed by atoms with E-state index in [0.29, 0.717) is 5.88 Å². The summed E-state index contributed by atoms with van der Waals surface area (Å²) in [5.74, 6) is -0.204. The van der Waals surface area contributed by atoms with Crippen molar-refractivity contribution in [2.75, 3.05) is 13.2 Å². The fraction of sp³-hybridized carbons (Fsp3) is 0.667. The second-order valence-electron chi connectivity index (χ2n) is 6.07. The third-order valence-electron chi connectivity index (χ3n) is 2.61. The summed E-state index contributed by atoms with van der Waals surface area (Å²) in [6.45, 7) is 9.28. The molecule has 0 aliphatic heterocycles. The van der Waals surface area contributed by atoms with Gasteiger partial charge in [-0.15, -0.1) is 0 Å². The van der Waals surface area contributed by atoms with Gasteiger partial charge in [0.2, 0.25) is 5.88 Å². The topological polar surface area (TPSA) is 91.7 Å². The van der Waals surface area contributed by atoms with Gasteiger partial charge in [0, 0.05) is 7.05 Å². The smallest absolute Gasteiger partial charge is 0.407 e. The first-order valence-electron chi connectivity index (χ1n) is 7.45. The maximum Gasteiger partial charge on any atom is 0.407 e. The van der Waals surface area contributed by atoms with Crippen LogP contribution in [-0.2, 0) is 16.5 Å². The largest absolute Gasteiger partial charge is 0.475 e. The van der Waals surface area contributed by atoms with E-state index in [0.717, 1.165) is 0 Å². The molecule has 0 spiro atoms. The lowest BCUT2D eigenvalue weighted by atomic mass is 10.2. The van der Waals surface area contributed by atoms with Gasteiger partial charge in [-0.2, -0.15) is 5.10 Å². The highest BCUT2D eigenvalue weighted by Gasteiger charge is 2.21. The Bertz CT molecular complexity index is 548. The van der Waals surface area contributed by atoms with Crippen LogP contribution < -0.4 is 10.1 Å². The van der Waals surface area contributed by atoms with Gasteiger partial charge in [-0.3, -0.25) is 0 Å². The molecule has 1 aromatic rings. The lowest BCUT2D eigenvalue weighted by Gasteiger charge is -2.22. The number of nitrogens with zero attached hydrogens (tertiary/aromatic N) is 2. The van der Waals surface area contributed by atoms with E-state index < -0.39 is 17.7 Å². The first kappa shape index (κ1) is 18.8. The Kier molecular flexibility index (Phi) is 6.41. The quantitative estimate of drug-likeness (QED) is 0.802. The number of aryl methyl sites for hydroxylation is 1. The molecule has 1 amide bonds. The number of aromatic nitrogens is 2.